The van der Waals surface area contributed by atoms with Crippen LogP contribution in [0.5, 0.6) is 0 Å². The van der Waals surface area contributed by atoms with Crippen LogP contribution in [0.3, 0.4) is 0 Å². The van der Waals surface area contributed by atoms with Crippen LogP contribution in [-0.2, 0) is 4.74 Å². The molecule has 0 saturated carbocycles. The van der Waals surface area contributed by atoms with Gasteiger partial charge in [-0.1, -0.05) is 6.92 Å². The second-order valence-electron chi connectivity index (χ2n) is 5.39. The van der Waals surface area contributed by atoms with E-state index in [-0.39, 0.29) is 17.7 Å². The molecule has 0 aliphatic carbocycles. The van der Waals surface area contributed by atoms with Gasteiger partial charge in [-0.3, -0.25) is 4.90 Å². The van der Waals surface area contributed by atoms with Gasteiger partial charge in [-0.05, 0) is 53.1 Å². The normalized spacial score (nSPS) is 23.6. The van der Waals surface area contributed by atoms with Crippen LogP contribution in [0.1, 0.15) is 47.0 Å². The summed E-state index contributed by atoms with van der Waals surface area (Å²) in [7, 11) is 0. The van der Waals surface area contributed by atoms with Crippen molar-refractivity contribution >= 4 is 0 Å². The number of ether oxygens (including phenoxy) is 1. The minimum atomic E-state index is 0.103. The topological polar surface area (TPSA) is 38.5 Å². The van der Waals surface area contributed by atoms with Gasteiger partial charge in [-0.25, -0.2) is 0 Å². The second-order valence-corrected chi connectivity index (χ2v) is 5.39. The van der Waals surface area contributed by atoms with E-state index in [1.54, 1.807) is 0 Å². The van der Waals surface area contributed by atoms with E-state index in [2.05, 4.69) is 32.6 Å². The fourth-order valence-corrected chi connectivity index (χ4v) is 2.42. The summed E-state index contributed by atoms with van der Waals surface area (Å²) in [4.78, 5) is 2.54. The monoisotopic (exact) mass is 228 g/mol. The molecule has 1 fully saturated rings. The number of rotatable bonds is 6. The summed E-state index contributed by atoms with van der Waals surface area (Å²) in [6.07, 6.45) is 3.99. The Labute approximate surface area is 100 Å². The van der Waals surface area contributed by atoms with Gasteiger partial charge in [-0.2, -0.15) is 0 Å². The first-order chi connectivity index (χ1) is 7.50. The summed E-state index contributed by atoms with van der Waals surface area (Å²) in [5.41, 5.74) is 6.43. The van der Waals surface area contributed by atoms with Crippen molar-refractivity contribution < 1.29 is 4.74 Å². The van der Waals surface area contributed by atoms with Gasteiger partial charge in [-0.15, -0.1) is 0 Å². The molecule has 2 N–H and O–H groups in total. The Morgan fingerprint density at radius 3 is 2.31 bits per heavy atom. The van der Waals surface area contributed by atoms with Crippen molar-refractivity contribution in [3.8, 4) is 0 Å². The van der Waals surface area contributed by atoms with E-state index in [4.69, 9.17) is 10.5 Å². The molecule has 3 nitrogen and oxygen atoms in total. The predicted molar refractivity (Wildman–Crippen MR) is 68.6 cm³/mol. The fraction of sp³-hybridized carbons (Fsp3) is 1.00. The minimum absolute atomic E-state index is 0.103. The number of hydrogen-bond acceptors (Lipinski definition) is 3. The minimum Gasteiger partial charge on any atom is -0.377 e. The zero-order valence-electron chi connectivity index (χ0n) is 11.3. The molecule has 1 heterocycles. The highest BCUT2D eigenvalue weighted by Crippen LogP contribution is 2.27. The lowest BCUT2D eigenvalue weighted by Gasteiger charge is -2.43. The maximum absolute atomic E-state index is 6.32. The standard InChI is InChI=1S/C13H28N2O/c1-5-13(4,15-8-6-7-9-15)12(14)10-16-11(2)3/h11-12H,5-10,14H2,1-4H3. The third-order valence-electron chi connectivity index (χ3n) is 3.95. The molecule has 0 aromatic rings. The zero-order chi connectivity index (χ0) is 12.2. The first-order valence-electron chi connectivity index (χ1n) is 6.63. The van der Waals surface area contributed by atoms with Crippen LogP contribution in [-0.4, -0.2) is 42.3 Å². The molecule has 0 bridgehead atoms. The molecule has 0 aromatic heterocycles. The van der Waals surface area contributed by atoms with Crippen molar-refractivity contribution in [2.75, 3.05) is 19.7 Å². The van der Waals surface area contributed by atoms with Crippen LogP contribution in [0.25, 0.3) is 0 Å². The summed E-state index contributed by atoms with van der Waals surface area (Å²) in [5.74, 6) is 0. The first-order valence-corrected chi connectivity index (χ1v) is 6.63. The fourth-order valence-electron chi connectivity index (χ4n) is 2.42. The number of hydrogen-bond donors (Lipinski definition) is 1. The van der Waals surface area contributed by atoms with Crippen LogP contribution in [0.4, 0.5) is 0 Å². The van der Waals surface area contributed by atoms with Crippen molar-refractivity contribution in [2.45, 2.75) is 64.6 Å². The third kappa shape index (κ3) is 3.19. The van der Waals surface area contributed by atoms with Crippen molar-refractivity contribution in [1.29, 1.82) is 0 Å². The average molecular weight is 228 g/mol. The Morgan fingerprint density at radius 1 is 1.31 bits per heavy atom. The highest BCUT2D eigenvalue weighted by molar-refractivity contribution is 4.96. The first kappa shape index (κ1) is 13.9. The van der Waals surface area contributed by atoms with Gasteiger partial charge >= 0.3 is 0 Å². The maximum Gasteiger partial charge on any atom is 0.0639 e. The van der Waals surface area contributed by atoms with Gasteiger partial charge in [0.25, 0.3) is 0 Å². The molecule has 0 spiro atoms. The molecule has 2 atom stereocenters. The Morgan fingerprint density at radius 2 is 1.88 bits per heavy atom. The zero-order valence-corrected chi connectivity index (χ0v) is 11.3. The molecule has 16 heavy (non-hydrogen) atoms. The molecule has 1 aliphatic heterocycles. The smallest absolute Gasteiger partial charge is 0.0639 e. The van der Waals surface area contributed by atoms with Gasteiger partial charge in [0.15, 0.2) is 0 Å². The highest BCUT2D eigenvalue weighted by atomic mass is 16.5. The summed E-state index contributed by atoms with van der Waals surface area (Å²) in [6, 6.07) is 0.109. The predicted octanol–water partition coefficient (Wildman–Crippen LogP) is 2.00. The Hall–Kier alpha value is -0.120. The second kappa shape index (κ2) is 5.99. The van der Waals surface area contributed by atoms with Crippen molar-refractivity contribution in [3.63, 3.8) is 0 Å². The lowest BCUT2D eigenvalue weighted by atomic mass is 9.88. The molecule has 0 radical (unpaired) electrons. The van der Waals surface area contributed by atoms with Crippen LogP contribution in [0, 0.1) is 0 Å². The molecular weight excluding hydrogens is 200 g/mol. The summed E-state index contributed by atoms with van der Waals surface area (Å²) >= 11 is 0. The van der Waals surface area contributed by atoms with Gasteiger partial charge in [0.05, 0.1) is 12.7 Å². The lowest BCUT2D eigenvalue weighted by Crippen LogP contribution is -2.58. The molecular formula is C13H28N2O. The van der Waals surface area contributed by atoms with Gasteiger partial charge < -0.3 is 10.5 Å². The number of nitrogens with zero attached hydrogens (tertiary/aromatic N) is 1. The molecule has 1 aliphatic rings. The van der Waals surface area contributed by atoms with Crippen LogP contribution in [0.15, 0.2) is 0 Å². The molecule has 3 heteroatoms. The highest BCUT2D eigenvalue weighted by Gasteiger charge is 2.37. The average Bonchev–Trinajstić information content (AvgIpc) is 2.78. The number of nitrogens with two attached hydrogens (primary N) is 1. The van der Waals surface area contributed by atoms with E-state index in [1.165, 1.54) is 25.9 Å². The third-order valence-corrected chi connectivity index (χ3v) is 3.95. The van der Waals surface area contributed by atoms with Crippen LogP contribution >= 0.6 is 0 Å². The molecule has 1 saturated heterocycles. The molecule has 0 amide bonds. The largest absolute Gasteiger partial charge is 0.377 e. The maximum atomic E-state index is 6.32. The molecule has 1 rings (SSSR count). The van der Waals surface area contributed by atoms with E-state index in [9.17, 15) is 0 Å². The van der Waals surface area contributed by atoms with Crippen molar-refractivity contribution in [3.05, 3.63) is 0 Å². The van der Waals surface area contributed by atoms with Gasteiger partial charge in [0.2, 0.25) is 0 Å². The summed E-state index contributed by atoms with van der Waals surface area (Å²) < 4.78 is 5.66. The van der Waals surface area contributed by atoms with E-state index in [0.717, 1.165) is 6.42 Å². The molecule has 0 aromatic carbocycles. The van der Waals surface area contributed by atoms with Crippen LogP contribution < -0.4 is 5.73 Å². The van der Waals surface area contributed by atoms with Crippen molar-refractivity contribution in [2.24, 2.45) is 5.73 Å². The SMILES string of the molecule is CCC(C)(C(N)COC(C)C)N1CCCC1. The Balaban J connectivity index is 2.55. The van der Waals surface area contributed by atoms with Crippen LogP contribution in [0.2, 0.25) is 0 Å². The van der Waals surface area contributed by atoms with E-state index < -0.39 is 0 Å². The number of likely N-dealkylation sites (tertiary alicyclic amines) is 1. The quantitative estimate of drug-likeness (QED) is 0.756. The molecule has 96 valence electrons. The van der Waals surface area contributed by atoms with Crippen molar-refractivity contribution in [1.82, 2.24) is 4.90 Å². The summed E-state index contributed by atoms with van der Waals surface area (Å²) in [5, 5.41) is 0. The van der Waals surface area contributed by atoms with E-state index >= 15 is 0 Å². The van der Waals surface area contributed by atoms with Gasteiger partial charge in [0, 0.05) is 11.6 Å². The molecule has 2 unspecified atom stereocenters. The van der Waals surface area contributed by atoms with E-state index in [0.29, 0.717) is 6.61 Å². The lowest BCUT2D eigenvalue weighted by molar-refractivity contribution is 0.0149. The van der Waals surface area contributed by atoms with Gasteiger partial charge in [0.1, 0.15) is 0 Å². The van der Waals surface area contributed by atoms with E-state index in [1.807, 2.05) is 0 Å². The Kier molecular flexibility index (Phi) is 5.22. The Bertz CT molecular complexity index is 202. The summed E-state index contributed by atoms with van der Waals surface area (Å²) in [6.45, 7) is 11.7.